The molecule has 0 saturated heterocycles. The fraction of sp³-hybridized carbons (Fsp3) is 0. The van der Waals surface area contributed by atoms with Crippen molar-refractivity contribution >= 4 is 5.52 Å². The summed E-state index contributed by atoms with van der Waals surface area (Å²) in [5.74, 6) is 0.140. The van der Waals surface area contributed by atoms with Crippen molar-refractivity contribution in [3.05, 3.63) is 71.1 Å². The summed E-state index contributed by atoms with van der Waals surface area (Å²) < 4.78 is 1.73. The Balaban J connectivity index is 2.08. The number of fused-ring (bicyclic) bond motifs is 1. The number of H-pyrrole nitrogens is 1. The van der Waals surface area contributed by atoms with E-state index in [0.29, 0.717) is 17.0 Å². The molecule has 3 heterocycles. The maximum atomic E-state index is 11.3. The van der Waals surface area contributed by atoms with E-state index in [2.05, 4.69) is 15.3 Å². The van der Waals surface area contributed by atoms with Crippen LogP contribution in [0.3, 0.4) is 0 Å². The number of phenolic OH excluding ortho intramolecular Hbond substituents is 1. The molecule has 3 aromatic heterocycles. The number of para-hydroxylation sites is 1. The lowest BCUT2D eigenvalue weighted by Crippen LogP contribution is -2.05. The molecule has 6 heteroatoms. The second kappa shape index (κ2) is 5.10. The van der Waals surface area contributed by atoms with E-state index in [-0.39, 0.29) is 11.3 Å². The van der Waals surface area contributed by atoms with Gasteiger partial charge in [0.2, 0.25) is 0 Å². The molecule has 0 aliphatic rings. The number of aromatic hydroxyl groups is 1. The van der Waals surface area contributed by atoms with E-state index in [1.807, 2.05) is 30.5 Å². The maximum Gasteiger partial charge on any atom is 0.264 e. The Labute approximate surface area is 130 Å². The first-order chi connectivity index (χ1) is 11.2. The van der Waals surface area contributed by atoms with Gasteiger partial charge < -0.3 is 5.11 Å². The van der Waals surface area contributed by atoms with Gasteiger partial charge in [0.1, 0.15) is 11.4 Å². The van der Waals surface area contributed by atoms with Gasteiger partial charge in [0.15, 0.2) is 0 Å². The zero-order valence-corrected chi connectivity index (χ0v) is 12.0. The SMILES string of the molecule is O=c1ccc(-c2c(-c3ccccc3O)nn3ccccc23)n[nH]1. The van der Waals surface area contributed by atoms with E-state index in [1.165, 1.54) is 6.07 Å². The molecule has 0 fully saturated rings. The first kappa shape index (κ1) is 13.3. The Hall–Kier alpha value is -3.41. The third-order valence-corrected chi connectivity index (χ3v) is 3.63. The predicted molar refractivity (Wildman–Crippen MR) is 86.1 cm³/mol. The minimum Gasteiger partial charge on any atom is -0.507 e. The van der Waals surface area contributed by atoms with Crippen LogP contribution in [-0.4, -0.2) is 24.9 Å². The number of rotatable bonds is 2. The summed E-state index contributed by atoms with van der Waals surface area (Å²) in [4.78, 5) is 11.3. The second-order valence-electron chi connectivity index (χ2n) is 5.08. The van der Waals surface area contributed by atoms with Gasteiger partial charge in [0.25, 0.3) is 5.56 Å². The number of benzene rings is 1. The number of phenols is 1. The van der Waals surface area contributed by atoms with Crippen molar-refractivity contribution in [3.8, 4) is 28.3 Å². The van der Waals surface area contributed by atoms with Crippen LogP contribution in [0.2, 0.25) is 0 Å². The molecule has 6 nitrogen and oxygen atoms in total. The molecule has 0 unspecified atom stereocenters. The van der Waals surface area contributed by atoms with Gasteiger partial charge in [-0.3, -0.25) is 4.79 Å². The van der Waals surface area contributed by atoms with E-state index < -0.39 is 0 Å². The summed E-state index contributed by atoms with van der Waals surface area (Å²) in [5.41, 5.74) is 3.13. The lowest BCUT2D eigenvalue weighted by Gasteiger charge is -2.04. The minimum atomic E-state index is -0.269. The summed E-state index contributed by atoms with van der Waals surface area (Å²) in [7, 11) is 0. The van der Waals surface area contributed by atoms with Gasteiger partial charge in [-0.15, -0.1) is 0 Å². The van der Waals surface area contributed by atoms with Crippen LogP contribution in [-0.2, 0) is 0 Å². The zero-order valence-electron chi connectivity index (χ0n) is 12.0. The molecule has 112 valence electrons. The Morgan fingerprint density at radius 2 is 1.83 bits per heavy atom. The van der Waals surface area contributed by atoms with E-state index in [1.54, 1.807) is 28.8 Å². The van der Waals surface area contributed by atoms with Crippen molar-refractivity contribution in [1.82, 2.24) is 19.8 Å². The Kier molecular flexibility index (Phi) is 2.94. The standard InChI is InChI=1S/C17H12N4O2/c22-14-7-2-1-5-11(14)17-16(12-8-9-15(23)19-18-12)13-6-3-4-10-21(13)20-17/h1-10,22H,(H,19,23). The van der Waals surface area contributed by atoms with Crippen LogP contribution in [0.15, 0.2) is 65.6 Å². The van der Waals surface area contributed by atoms with Crippen molar-refractivity contribution < 1.29 is 5.11 Å². The second-order valence-corrected chi connectivity index (χ2v) is 5.08. The first-order valence-electron chi connectivity index (χ1n) is 7.06. The summed E-state index contributed by atoms with van der Waals surface area (Å²) in [6, 6.07) is 15.8. The molecule has 0 bridgehead atoms. The fourth-order valence-electron chi connectivity index (χ4n) is 2.60. The number of nitrogens with one attached hydrogen (secondary N) is 1. The molecule has 23 heavy (non-hydrogen) atoms. The smallest absolute Gasteiger partial charge is 0.264 e. The van der Waals surface area contributed by atoms with Crippen LogP contribution < -0.4 is 5.56 Å². The molecule has 0 amide bonds. The van der Waals surface area contributed by atoms with Crippen LogP contribution in [0.1, 0.15) is 0 Å². The van der Waals surface area contributed by atoms with Gasteiger partial charge in [0.05, 0.1) is 16.8 Å². The number of nitrogens with zero attached hydrogens (tertiary/aromatic N) is 3. The van der Waals surface area contributed by atoms with Crippen LogP contribution in [0.4, 0.5) is 0 Å². The van der Waals surface area contributed by atoms with Crippen molar-refractivity contribution in [2.75, 3.05) is 0 Å². The van der Waals surface area contributed by atoms with E-state index in [0.717, 1.165) is 11.1 Å². The highest BCUT2D eigenvalue weighted by Crippen LogP contribution is 2.37. The average Bonchev–Trinajstić information content (AvgIpc) is 2.95. The van der Waals surface area contributed by atoms with Crippen molar-refractivity contribution in [2.45, 2.75) is 0 Å². The molecule has 0 saturated carbocycles. The van der Waals surface area contributed by atoms with Gasteiger partial charge in [-0.2, -0.15) is 10.2 Å². The van der Waals surface area contributed by atoms with Crippen LogP contribution in [0.25, 0.3) is 28.0 Å². The molecule has 0 aliphatic heterocycles. The normalized spacial score (nSPS) is 11.0. The lowest BCUT2D eigenvalue weighted by atomic mass is 10.0. The zero-order chi connectivity index (χ0) is 15.8. The molecular formula is C17H12N4O2. The fourth-order valence-corrected chi connectivity index (χ4v) is 2.60. The third kappa shape index (κ3) is 2.17. The van der Waals surface area contributed by atoms with Gasteiger partial charge >= 0.3 is 0 Å². The molecule has 1 aromatic carbocycles. The highest BCUT2D eigenvalue weighted by atomic mass is 16.3. The van der Waals surface area contributed by atoms with E-state index in [4.69, 9.17) is 0 Å². The number of aromatic nitrogens is 4. The van der Waals surface area contributed by atoms with Crippen molar-refractivity contribution in [1.29, 1.82) is 0 Å². The number of hydrogen-bond acceptors (Lipinski definition) is 4. The topological polar surface area (TPSA) is 83.3 Å². The summed E-state index contributed by atoms with van der Waals surface area (Å²) in [5, 5.41) is 21.3. The third-order valence-electron chi connectivity index (χ3n) is 3.63. The van der Waals surface area contributed by atoms with Crippen molar-refractivity contribution in [3.63, 3.8) is 0 Å². The monoisotopic (exact) mass is 304 g/mol. The minimum absolute atomic E-state index is 0.140. The molecule has 4 aromatic rings. The molecule has 4 rings (SSSR count). The number of pyridine rings is 1. The first-order valence-corrected chi connectivity index (χ1v) is 7.06. The lowest BCUT2D eigenvalue weighted by molar-refractivity contribution is 0.477. The van der Waals surface area contributed by atoms with Gasteiger partial charge in [-0.25, -0.2) is 9.61 Å². The molecule has 0 radical (unpaired) electrons. The van der Waals surface area contributed by atoms with Gasteiger partial charge in [0, 0.05) is 17.8 Å². The highest BCUT2D eigenvalue weighted by Gasteiger charge is 2.19. The van der Waals surface area contributed by atoms with Gasteiger partial charge in [-0.1, -0.05) is 18.2 Å². The predicted octanol–water partition coefficient (Wildman–Crippen LogP) is 2.46. The maximum absolute atomic E-state index is 11.3. The number of hydrogen-bond donors (Lipinski definition) is 2. The average molecular weight is 304 g/mol. The molecule has 0 aliphatic carbocycles. The summed E-state index contributed by atoms with van der Waals surface area (Å²) in [6.45, 7) is 0. The van der Waals surface area contributed by atoms with Crippen LogP contribution >= 0.6 is 0 Å². The Morgan fingerprint density at radius 3 is 2.61 bits per heavy atom. The quantitative estimate of drug-likeness (QED) is 0.596. The Bertz CT molecular complexity index is 1050. The van der Waals surface area contributed by atoms with Gasteiger partial charge in [-0.05, 0) is 30.3 Å². The van der Waals surface area contributed by atoms with Crippen LogP contribution in [0.5, 0.6) is 5.75 Å². The molecule has 2 N–H and O–H groups in total. The van der Waals surface area contributed by atoms with Crippen molar-refractivity contribution in [2.24, 2.45) is 0 Å². The summed E-state index contributed by atoms with van der Waals surface area (Å²) >= 11 is 0. The van der Waals surface area contributed by atoms with Crippen LogP contribution in [0, 0.1) is 0 Å². The highest BCUT2D eigenvalue weighted by molar-refractivity contribution is 5.92. The molecular weight excluding hydrogens is 292 g/mol. The Morgan fingerprint density at radius 1 is 1.00 bits per heavy atom. The largest absolute Gasteiger partial charge is 0.507 e. The molecule has 0 spiro atoms. The van der Waals surface area contributed by atoms with E-state index in [9.17, 15) is 9.90 Å². The molecule has 0 atom stereocenters. The number of aromatic amines is 1. The summed E-state index contributed by atoms with van der Waals surface area (Å²) in [6.07, 6.45) is 1.83. The van der Waals surface area contributed by atoms with E-state index >= 15 is 0 Å².